The van der Waals surface area contributed by atoms with Crippen LogP contribution in [-0.2, 0) is 14.3 Å². The Hall–Kier alpha value is -1.66. The summed E-state index contributed by atoms with van der Waals surface area (Å²) in [5.74, 6) is -0.0624. The lowest BCUT2D eigenvalue weighted by Crippen LogP contribution is -2.45. The number of amides is 1. The third-order valence-corrected chi connectivity index (χ3v) is 13.5. The van der Waals surface area contributed by atoms with Gasteiger partial charge in [-0.2, -0.15) is 0 Å². The summed E-state index contributed by atoms with van der Waals surface area (Å²) in [4.78, 5) is 24.5. The lowest BCUT2D eigenvalue weighted by Gasteiger charge is -2.22. The van der Waals surface area contributed by atoms with Gasteiger partial charge in [-0.3, -0.25) is 9.59 Å². The zero-order valence-corrected chi connectivity index (χ0v) is 43.7. The van der Waals surface area contributed by atoms with Crippen molar-refractivity contribution < 1.29 is 24.5 Å². The number of unbranched alkanes of at least 4 members (excludes halogenated alkanes) is 39. The molecule has 6 nitrogen and oxygen atoms in total. The summed E-state index contributed by atoms with van der Waals surface area (Å²) in [5.41, 5.74) is 0. The maximum absolute atomic E-state index is 12.5. The topological polar surface area (TPSA) is 95.9 Å². The Morgan fingerprint density at radius 3 is 1.17 bits per heavy atom. The number of rotatable bonds is 54. The van der Waals surface area contributed by atoms with Gasteiger partial charge in [0, 0.05) is 12.8 Å². The number of nitrogens with one attached hydrogen (secondary N) is 1. The van der Waals surface area contributed by atoms with E-state index in [1.165, 1.54) is 199 Å². The van der Waals surface area contributed by atoms with E-state index < -0.39 is 12.1 Å². The second-order valence-corrected chi connectivity index (χ2v) is 20.0. The monoisotopic (exact) mass is 916 g/mol. The van der Waals surface area contributed by atoms with E-state index in [-0.39, 0.29) is 18.5 Å². The molecule has 0 saturated heterocycles. The van der Waals surface area contributed by atoms with Crippen LogP contribution in [-0.4, -0.2) is 47.4 Å². The molecule has 0 aliphatic rings. The highest BCUT2D eigenvalue weighted by atomic mass is 16.5. The van der Waals surface area contributed by atoms with Crippen molar-refractivity contribution in [1.29, 1.82) is 0 Å². The zero-order valence-electron chi connectivity index (χ0n) is 43.7. The first-order chi connectivity index (χ1) is 32.0. The SMILES string of the molecule is CCCCCCCCCCCCCCCCCCCCC(O)C(CO)NC(=O)CCCCCCCCC/C=C\C/C=C\CCCCCOC(=O)CCCCCCCCCCCCCCC. The Labute approximate surface area is 405 Å². The number of hydrogen-bond donors (Lipinski definition) is 3. The summed E-state index contributed by atoms with van der Waals surface area (Å²) in [6.07, 6.45) is 65.9. The van der Waals surface area contributed by atoms with Gasteiger partial charge >= 0.3 is 5.97 Å². The number of aliphatic hydroxyl groups is 2. The summed E-state index contributed by atoms with van der Waals surface area (Å²) in [7, 11) is 0. The van der Waals surface area contributed by atoms with Gasteiger partial charge in [0.2, 0.25) is 5.91 Å². The van der Waals surface area contributed by atoms with Gasteiger partial charge in [0.05, 0.1) is 25.4 Å². The summed E-state index contributed by atoms with van der Waals surface area (Å²) in [6, 6.07) is -0.553. The van der Waals surface area contributed by atoms with Crippen molar-refractivity contribution in [3.8, 4) is 0 Å². The number of ether oxygens (including phenoxy) is 1. The highest BCUT2D eigenvalue weighted by Gasteiger charge is 2.20. The minimum Gasteiger partial charge on any atom is -0.466 e. The molecule has 0 aliphatic carbocycles. The fourth-order valence-electron chi connectivity index (χ4n) is 9.02. The molecule has 0 rings (SSSR count). The van der Waals surface area contributed by atoms with Crippen LogP contribution < -0.4 is 5.32 Å². The molecule has 0 heterocycles. The predicted molar refractivity (Wildman–Crippen MR) is 283 cm³/mol. The van der Waals surface area contributed by atoms with Gasteiger partial charge in [-0.1, -0.05) is 263 Å². The van der Waals surface area contributed by atoms with E-state index in [1.807, 2.05) is 0 Å². The molecular weight excluding hydrogens is 803 g/mol. The molecule has 6 heteroatoms. The highest BCUT2D eigenvalue weighted by molar-refractivity contribution is 5.76. The Morgan fingerprint density at radius 2 is 0.769 bits per heavy atom. The van der Waals surface area contributed by atoms with Crippen LogP contribution in [0.3, 0.4) is 0 Å². The van der Waals surface area contributed by atoms with Gasteiger partial charge in [0.15, 0.2) is 0 Å². The van der Waals surface area contributed by atoms with Crippen LogP contribution in [0.5, 0.6) is 0 Å². The summed E-state index contributed by atoms with van der Waals surface area (Å²) < 4.78 is 5.45. The first kappa shape index (κ1) is 63.3. The smallest absolute Gasteiger partial charge is 0.305 e. The van der Waals surface area contributed by atoms with Crippen LogP contribution in [0.4, 0.5) is 0 Å². The molecule has 0 radical (unpaired) electrons. The van der Waals surface area contributed by atoms with Crippen molar-refractivity contribution in [2.24, 2.45) is 0 Å². The van der Waals surface area contributed by atoms with E-state index in [2.05, 4.69) is 43.5 Å². The third-order valence-electron chi connectivity index (χ3n) is 13.5. The molecule has 3 N–H and O–H groups in total. The Kier molecular flexibility index (Phi) is 53.5. The normalized spacial score (nSPS) is 12.7. The van der Waals surface area contributed by atoms with Crippen LogP contribution in [0.15, 0.2) is 24.3 Å². The lowest BCUT2D eigenvalue weighted by atomic mass is 10.0. The predicted octanol–water partition coefficient (Wildman–Crippen LogP) is 17.9. The van der Waals surface area contributed by atoms with Gasteiger partial charge in [0.25, 0.3) is 0 Å². The molecule has 0 saturated carbocycles. The van der Waals surface area contributed by atoms with Crippen LogP contribution in [0.25, 0.3) is 0 Å². The molecule has 0 fully saturated rings. The van der Waals surface area contributed by atoms with Gasteiger partial charge in [-0.15, -0.1) is 0 Å². The van der Waals surface area contributed by atoms with E-state index in [1.54, 1.807) is 0 Å². The van der Waals surface area contributed by atoms with Gasteiger partial charge in [-0.05, 0) is 64.2 Å². The first-order valence-corrected chi connectivity index (χ1v) is 29.1. The Balaban J connectivity index is 3.49. The van der Waals surface area contributed by atoms with E-state index in [9.17, 15) is 19.8 Å². The van der Waals surface area contributed by atoms with Gasteiger partial charge in [-0.25, -0.2) is 0 Å². The second-order valence-electron chi connectivity index (χ2n) is 20.0. The van der Waals surface area contributed by atoms with Gasteiger partial charge < -0.3 is 20.3 Å². The molecule has 1 amide bonds. The van der Waals surface area contributed by atoms with Crippen molar-refractivity contribution in [3.63, 3.8) is 0 Å². The standard InChI is InChI=1S/C59H113NO5/c1-3-5-7-9-11-13-15-17-18-19-21-24-28-31-35-39-43-47-51-57(62)56(55-61)60-58(63)52-48-44-40-36-32-29-25-22-20-23-26-30-34-38-42-46-50-54-65-59(64)53-49-45-41-37-33-27-16-14-12-10-8-6-4-2/h20,23,30,34,56-57,61-62H,3-19,21-22,24-29,31-33,35-55H2,1-2H3,(H,60,63)/b23-20-,34-30-. The van der Waals surface area contributed by atoms with Gasteiger partial charge in [0.1, 0.15) is 0 Å². The molecule has 2 atom stereocenters. The fourth-order valence-corrected chi connectivity index (χ4v) is 9.02. The summed E-state index contributed by atoms with van der Waals surface area (Å²) >= 11 is 0. The molecule has 0 aromatic carbocycles. The molecule has 0 aromatic rings. The van der Waals surface area contributed by atoms with Crippen molar-refractivity contribution in [2.75, 3.05) is 13.2 Å². The Bertz CT molecular complexity index is 1010. The largest absolute Gasteiger partial charge is 0.466 e. The van der Waals surface area contributed by atoms with Crippen LogP contribution in [0, 0.1) is 0 Å². The molecule has 0 bridgehead atoms. The maximum Gasteiger partial charge on any atom is 0.305 e. The average Bonchev–Trinajstić information content (AvgIpc) is 3.31. The maximum atomic E-state index is 12.5. The fraction of sp³-hybridized carbons (Fsp3) is 0.898. The van der Waals surface area contributed by atoms with Crippen LogP contribution in [0.2, 0.25) is 0 Å². The molecule has 0 aliphatic heterocycles. The van der Waals surface area contributed by atoms with Crippen molar-refractivity contribution >= 4 is 11.9 Å². The number of carbonyl (C=O) groups is 2. The van der Waals surface area contributed by atoms with Crippen molar-refractivity contribution in [2.45, 2.75) is 328 Å². The van der Waals surface area contributed by atoms with E-state index in [4.69, 9.17) is 4.74 Å². The minimum atomic E-state index is -0.675. The summed E-state index contributed by atoms with van der Waals surface area (Å²) in [6.45, 7) is 4.92. The van der Waals surface area contributed by atoms with Crippen LogP contribution in [0.1, 0.15) is 316 Å². The summed E-state index contributed by atoms with van der Waals surface area (Å²) in [5, 5.41) is 23.3. The number of esters is 1. The average molecular weight is 917 g/mol. The highest BCUT2D eigenvalue weighted by Crippen LogP contribution is 2.17. The number of allylic oxidation sites excluding steroid dienone is 4. The van der Waals surface area contributed by atoms with E-state index in [0.29, 0.717) is 25.9 Å². The van der Waals surface area contributed by atoms with E-state index >= 15 is 0 Å². The molecule has 384 valence electrons. The molecule has 0 spiro atoms. The van der Waals surface area contributed by atoms with E-state index in [0.717, 1.165) is 83.5 Å². The zero-order chi connectivity index (χ0) is 47.2. The minimum absolute atomic E-state index is 0.0136. The number of hydrogen-bond acceptors (Lipinski definition) is 5. The first-order valence-electron chi connectivity index (χ1n) is 29.1. The van der Waals surface area contributed by atoms with Crippen molar-refractivity contribution in [1.82, 2.24) is 5.32 Å². The number of aliphatic hydroxyl groups excluding tert-OH is 2. The van der Waals surface area contributed by atoms with Crippen LogP contribution >= 0.6 is 0 Å². The lowest BCUT2D eigenvalue weighted by molar-refractivity contribution is -0.143. The number of carbonyl (C=O) groups excluding carboxylic acids is 2. The molecule has 2 unspecified atom stereocenters. The quantitative estimate of drug-likeness (QED) is 0.0321. The molecule has 65 heavy (non-hydrogen) atoms. The second kappa shape index (κ2) is 54.9. The third kappa shape index (κ3) is 51.6. The van der Waals surface area contributed by atoms with Crippen molar-refractivity contribution in [3.05, 3.63) is 24.3 Å². The molecular formula is C59H113NO5. The molecule has 0 aromatic heterocycles. The Morgan fingerprint density at radius 1 is 0.431 bits per heavy atom.